The normalized spacial score (nSPS) is 7.44. The van der Waals surface area contributed by atoms with E-state index in [1.54, 1.807) is 12.4 Å². The molecule has 0 spiro atoms. The van der Waals surface area contributed by atoms with E-state index in [0.29, 0.717) is 0 Å². The van der Waals surface area contributed by atoms with Crippen LogP contribution in [0.2, 0.25) is 0 Å². The van der Waals surface area contributed by atoms with E-state index in [0.717, 1.165) is 11.4 Å². The SMILES string of the molecule is CC.CC.Cc1cccnn1.Cc1ccncn1. The quantitative estimate of drug-likeness (QED) is 0.714. The molecule has 0 aliphatic heterocycles. The van der Waals surface area contributed by atoms with E-state index in [9.17, 15) is 0 Å². The summed E-state index contributed by atoms with van der Waals surface area (Å²) in [6.07, 6.45) is 4.92. The molecule has 0 N–H and O–H groups in total. The Balaban J connectivity index is 0. The highest BCUT2D eigenvalue weighted by Crippen LogP contribution is 1.83. The van der Waals surface area contributed by atoms with Gasteiger partial charge < -0.3 is 0 Å². The first-order valence-corrected chi connectivity index (χ1v) is 6.26. The van der Waals surface area contributed by atoms with Gasteiger partial charge in [-0.05, 0) is 32.0 Å². The third-order valence-corrected chi connectivity index (χ3v) is 1.44. The zero-order valence-electron chi connectivity index (χ0n) is 12.3. The number of hydrogen-bond acceptors (Lipinski definition) is 4. The van der Waals surface area contributed by atoms with Gasteiger partial charge in [0, 0.05) is 18.1 Å². The molecule has 0 amide bonds. The van der Waals surface area contributed by atoms with Crippen molar-refractivity contribution in [3.8, 4) is 0 Å². The molecule has 0 radical (unpaired) electrons. The lowest BCUT2D eigenvalue weighted by atomic mass is 10.4. The number of rotatable bonds is 0. The number of hydrogen-bond donors (Lipinski definition) is 0. The third kappa shape index (κ3) is 12.2. The number of nitrogens with zero attached hydrogens (tertiary/aromatic N) is 4. The third-order valence-electron chi connectivity index (χ3n) is 1.44. The van der Waals surface area contributed by atoms with Crippen molar-refractivity contribution in [3.05, 3.63) is 48.3 Å². The Kier molecular flexibility index (Phi) is 15.6. The van der Waals surface area contributed by atoms with Gasteiger partial charge in [0.2, 0.25) is 0 Å². The summed E-state index contributed by atoms with van der Waals surface area (Å²) in [5, 5.41) is 7.36. The minimum absolute atomic E-state index is 0.961. The molecule has 0 unspecified atom stereocenters. The molecule has 0 aromatic carbocycles. The Hall–Kier alpha value is -1.84. The van der Waals surface area contributed by atoms with Crippen LogP contribution in [0.15, 0.2) is 36.9 Å². The molecule has 2 aromatic heterocycles. The van der Waals surface area contributed by atoms with Crippen molar-refractivity contribution in [1.29, 1.82) is 0 Å². The lowest BCUT2D eigenvalue weighted by Gasteiger charge is -1.81. The molecule has 0 saturated heterocycles. The van der Waals surface area contributed by atoms with E-state index in [1.165, 1.54) is 6.33 Å². The number of aromatic nitrogens is 4. The average molecular weight is 248 g/mol. The summed E-state index contributed by atoms with van der Waals surface area (Å²) in [5.41, 5.74) is 1.97. The van der Waals surface area contributed by atoms with E-state index in [-0.39, 0.29) is 0 Å². The molecule has 4 heteroatoms. The molecule has 0 bridgehead atoms. The second kappa shape index (κ2) is 15.2. The minimum Gasteiger partial charge on any atom is -0.245 e. The fourth-order valence-corrected chi connectivity index (χ4v) is 0.735. The largest absolute Gasteiger partial charge is 0.245 e. The van der Waals surface area contributed by atoms with Gasteiger partial charge in [0.05, 0.1) is 5.69 Å². The maximum atomic E-state index is 3.87. The summed E-state index contributed by atoms with van der Waals surface area (Å²) >= 11 is 0. The Labute approximate surface area is 111 Å². The lowest BCUT2D eigenvalue weighted by molar-refractivity contribution is 0.980. The summed E-state index contributed by atoms with van der Waals surface area (Å²) < 4.78 is 0. The fraction of sp³-hybridized carbons (Fsp3) is 0.429. The van der Waals surface area contributed by atoms with E-state index in [2.05, 4.69) is 20.2 Å². The van der Waals surface area contributed by atoms with Crippen molar-refractivity contribution in [2.75, 3.05) is 0 Å². The first kappa shape index (κ1) is 18.5. The second-order valence-electron chi connectivity index (χ2n) is 2.72. The van der Waals surface area contributed by atoms with Crippen LogP contribution >= 0.6 is 0 Å². The van der Waals surface area contributed by atoms with Gasteiger partial charge in [0.25, 0.3) is 0 Å². The van der Waals surface area contributed by atoms with Crippen molar-refractivity contribution in [1.82, 2.24) is 20.2 Å². The van der Waals surface area contributed by atoms with Gasteiger partial charge in [0.1, 0.15) is 6.33 Å². The van der Waals surface area contributed by atoms with Gasteiger partial charge >= 0.3 is 0 Å². The predicted molar refractivity (Wildman–Crippen MR) is 76.2 cm³/mol. The van der Waals surface area contributed by atoms with E-state index < -0.39 is 0 Å². The second-order valence-corrected chi connectivity index (χ2v) is 2.72. The highest BCUT2D eigenvalue weighted by molar-refractivity contribution is 4.94. The van der Waals surface area contributed by atoms with Crippen LogP contribution in [0.3, 0.4) is 0 Å². The van der Waals surface area contributed by atoms with E-state index in [1.807, 2.05) is 59.7 Å². The van der Waals surface area contributed by atoms with Crippen LogP contribution in [0.4, 0.5) is 0 Å². The molecule has 0 saturated carbocycles. The maximum absolute atomic E-state index is 3.87. The maximum Gasteiger partial charge on any atom is 0.115 e. The lowest BCUT2D eigenvalue weighted by Crippen LogP contribution is -1.79. The molecule has 2 heterocycles. The van der Waals surface area contributed by atoms with Crippen molar-refractivity contribution in [2.24, 2.45) is 0 Å². The Bertz CT molecular complexity index is 311. The van der Waals surface area contributed by atoms with Crippen LogP contribution in [-0.2, 0) is 0 Å². The zero-order chi connectivity index (χ0) is 14.2. The summed E-state index contributed by atoms with van der Waals surface area (Å²) in [4.78, 5) is 7.60. The molecular weight excluding hydrogens is 224 g/mol. The van der Waals surface area contributed by atoms with Crippen molar-refractivity contribution in [2.45, 2.75) is 41.5 Å². The van der Waals surface area contributed by atoms with Gasteiger partial charge in [0.15, 0.2) is 0 Å². The van der Waals surface area contributed by atoms with E-state index in [4.69, 9.17) is 0 Å². The molecule has 2 rings (SSSR count). The van der Waals surface area contributed by atoms with Gasteiger partial charge in [-0.15, -0.1) is 0 Å². The number of aryl methyl sites for hydroxylation is 2. The smallest absolute Gasteiger partial charge is 0.115 e. The van der Waals surface area contributed by atoms with Gasteiger partial charge in [-0.2, -0.15) is 10.2 Å². The highest BCUT2D eigenvalue weighted by Gasteiger charge is 1.75. The first-order chi connectivity index (χ1) is 8.79. The fourth-order valence-electron chi connectivity index (χ4n) is 0.735. The molecule has 0 fully saturated rings. The Morgan fingerprint density at radius 1 is 0.833 bits per heavy atom. The Morgan fingerprint density at radius 2 is 1.50 bits per heavy atom. The highest BCUT2D eigenvalue weighted by atomic mass is 15.1. The van der Waals surface area contributed by atoms with Crippen LogP contribution in [0, 0.1) is 13.8 Å². The van der Waals surface area contributed by atoms with Crippen LogP contribution in [0.1, 0.15) is 39.1 Å². The Morgan fingerprint density at radius 3 is 1.72 bits per heavy atom. The molecule has 2 aromatic rings. The summed E-state index contributed by atoms with van der Waals surface area (Å²) in [5.74, 6) is 0. The van der Waals surface area contributed by atoms with Crippen LogP contribution < -0.4 is 0 Å². The minimum atomic E-state index is 0.961. The first-order valence-electron chi connectivity index (χ1n) is 6.26. The molecular formula is C14H24N4. The molecule has 0 atom stereocenters. The molecule has 18 heavy (non-hydrogen) atoms. The van der Waals surface area contributed by atoms with Gasteiger partial charge in [-0.3, -0.25) is 0 Å². The van der Waals surface area contributed by atoms with Crippen LogP contribution in [-0.4, -0.2) is 20.2 Å². The molecule has 0 aliphatic rings. The van der Waals surface area contributed by atoms with Gasteiger partial charge in [-0.25, -0.2) is 9.97 Å². The zero-order valence-corrected chi connectivity index (χ0v) is 12.3. The molecule has 4 nitrogen and oxygen atoms in total. The predicted octanol–water partition coefficient (Wildman–Crippen LogP) is 3.62. The van der Waals surface area contributed by atoms with Crippen LogP contribution in [0.25, 0.3) is 0 Å². The summed E-state index contributed by atoms with van der Waals surface area (Å²) in [7, 11) is 0. The van der Waals surface area contributed by atoms with Crippen molar-refractivity contribution < 1.29 is 0 Å². The van der Waals surface area contributed by atoms with E-state index >= 15 is 0 Å². The van der Waals surface area contributed by atoms with Crippen molar-refractivity contribution in [3.63, 3.8) is 0 Å². The molecule has 100 valence electrons. The van der Waals surface area contributed by atoms with Crippen LogP contribution in [0.5, 0.6) is 0 Å². The average Bonchev–Trinajstić information content (AvgIpc) is 2.46. The summed E-state index contributed by atoms with van der Waals surface area (Å²) in [6.45, 7) is 11.8. The monoisotopic (exact) mass is 248 g/mol. The van der Waals surface area contributed by atoms with Crippen molar-refractivity contribution >= 4 is 0 Å². The van der Waals surface area contributed by atoms with Gasteiger partial charge in [-0.1, -0.05) is 27.7 Å². The standard InChI is InChI=1S/2C5H6N2.2C2H6/c1-5-2-3-6-4-7-5;1-5-3-2-4-6-7-5;2*1-2/h2*2-4H,1H3;2*1-2H3. The summed E-state index contributed by atoms with van der Waals surface area (Å²) in [6, 6.07) is 5.63. The molecule has 0 aliphatic carbocycles. The topological polar surface area (TPSA) is 51.6 Å².